The smallest absolute Gasteiger partial charge is 0.356 e. The number of fused-ring (bicyclic) bond motifs is 2. The van der Waals surface area contributed by atoms with E-state index in [1.54, 1.807) is 6.07 Å². The van der Waals surface area contributed by atoms with E-state index in [-0.39, 0.29) is 17.3 Å². The minimum atomic E-state index is -4.34. The predicted molar refractivity (Wildman–Crippen MR) is 147 cm³/mol. The summed E-state index contributed by atoms with van der Waals surface area (Å²) < 4.78 is 19.1. The van der Waals surface area contributed by atoms with Gasteiger partial charge in [0.15, 0.2) is 5.71 Å². The van der Waals surface area contributed by atoms with Gasteiger partial charge >= 0.3 is 7.60 Å². The highest BCUT2D eigenvalue weighted by atomic mass is 31.2. The number of carbonyl (C=O) groups is 1. The highest BCUT2D eigenvalue weighted by Crippen LogP contribution is 2.48. The van der Waals surface area contributed by atoms with Gasteiger partial charge in [0.2, 0.25) is 5.69 Å². The van der Waals surface area contributed by atoms with Gasteiger partial charge in [-0.2, -0.15) is 4.58 Å². The van der Waals surface area contributed by atoms with Crippen molar-refractivity contribution in [3.05, 3.63) is 77.0 Å². The number of carbonyl (C=O) groups excluding carboxylic acids is 1. The molecule has 0 radical (unpaired) electrons. The van der Waals surface area contributed by atoms with Gasteiger partial charge in [0.05, 0.1) is 10.7 Å². The van der Waals surface area contributed by atoms with Gasteiger partial charge in [0.25, 0.3) is 6.47 Å². The van der Waals surface area contributed by atoms with Gasteiger partial charge in [0, 0.05) is 41.1 Å². The lowest BCUT2D eigenvalue weighted by molar-refractivity contribution is -0.433. The second-order valence-electron chi connectivity index (χ2n) is 10.5. The van der Waals surface area contributed by atoms with Gasteiger partial charge < -0.3 is 19.4 Å². The normalized spacial score (nSPS) is 19.0. The standard InChI is InChI=1S/C29H35N2O5P/c1-7-30-24-14-12-20(18-36-19-32)16-22(24)28(3,4)26(30)10-9-11-27-29(5,6)23-17-21(37(33,34)35)13-15-25(23)31(27)8-2/h9-17,19H,7-8,18H2,1-6H3,(H-,33,34,35)/p+1. The maximum atomic E-state index is 11.9. The Morgan fingerprint density at radius 2 is 1.76 bits per heavy atom. The fraction of sp³-hybridized carbons (Fsp3) is 0.379. The number of hydrogen-bond acceptors (Lipinski definition) is 4. The van der Waals surface area contributed by atoms with Gasteiger partial charge in [-0.05, 0) is 69.2 Å². The minimum absolute atomic E-state index is 0.0460. The number of rotatable bonds is 8. The zero-order chi connectivity index (χ0) is 27.2. The SMILES string of the molecule is CCN1C(=CC=CC2=[N+](CC)c3ccc(P(=O)(O)O)cc3C2(C)C)C(C)(C)c2cc(COC=O)ccc21. The van der Waals surface area contributed by atoms with E-state index in [4.69, 9.17) is 4.74 Å². The maximum Gasteiger partial charge on any atom is 0.356 e. The Hall–Kier alpha value is -2.99. The fourth-order valence-corrected chi connectivity index (χ4v) is 6.27. The summed E-state index contributed by atoms with van der Waals surface area (Å²) in [4.78, 5) is 32.4. The molecule has 8 heteroatoms. The molecule has 0 bridgehead atoms. The molecule has 0 aromatic heterocycles. The van der Waals surface area contributed by atoms with Crippen LogP contribution in [0.15, 0.2) is 60.3 Å². The van der Waals surface area contributed by atoms with Gasteiger partial charge in [-0.15, -0.1) is 0 Å². The molecular weight excluding hydrogens is 487 g/mol. The summed E-state index contributed by atoms with van der Waals surface area (Å²) in [7, 11) is -4.34. The fourth-order valence-electron chi connectivity index (χ4n) is 5.70. The first-order valence-electron chi connectivity index (χ1n) is 12.6. The molecule has 2 N–H and O–H groups in total. The van der Waals surface area contributed by atoms with Crippen molar-refractivity contribution in [2.45, 2.75) is 59.0 Å². The van der Waals surface area contributed by atoms with Crippen LogP contribution in [0.4, 0.5) is 11.4 Å². The molecule has 7 nitrogen and oxygen atoms in total. The molecule has 2 aromatic carbocycles. The van der Waals surface area contributed by atoms with Crippen LogP contribution < -0.4 is 10.2 Å². The minimum Gasteiger partial charge on any atom is -0.463 e. The maximum absolute atomic E-state index is 11.9. The number of benzene rings is 2. The summed E-state index contributed by atoms with van der Waals surface area (Å²) in [5.74, 6) is 0. The summed E-state index contributed by atoms with van der Waals surface area (Å²) in [5, 5.41) is 0.0460. The van der Waals surface area contributed by atoms with Crippen LogP contribution >= 0.6 is 7.60 Å². The quantitative estimate of drug-likeness (QED) is 0.293. The molecule has 0 spiro atoms. The van der Waals surface area contributed by atoms with Gasteiger partial charge in [-0.3, -0.25) is 9.36 Å². The first kappa shape index (κ1) is 27.1. The highest BCUT2D eigenvalue weighted by molar-refractivity contribution is 7.60. The van der Waals surface area contributed by atoms with E-state index in [2.05, 4.69) is 81.4 Å². The highest BCUT2D eigenvalue weighted by Gasteiger charge is 2.45. The van der Waals surface area contributed by atoms with Crippen LogP contribution in [0.5, 0.6) is 0 Å². The van der Waals surface area contributed by atoms with Crippen LogP contribution in [0.25, 0.3) is 0 Å². The van der Waals surface area contributed by atoms with E-state index in [1.807, 2.05) is 12.1 Å². The van der Waals surface area contributed by atoms with Crippen molar-refractivity contribution in [2.75, 3.05) is 18.0 Å². The van der Waals surface area contributed by atoms with Crippen molar-refractivity contribution in [3.8, 4) is 0 Å². The molecule has 0 fully saturated rings. The molecule has 0 aliphatic carbocycles. The van der Waals surface area contributed by atoms with E-state index in [1.165, 1.54) is 17.3 Å². The van der Waals surface area contributed by atoms with E-state index < -0.39 is 13.0 Å². The summed E-state index contributed by atoms with van der Waals surface area (Å²) >= 11 is 0. The van der Waals surface area contributed by atoms with Crippen molar-refractivity contribution in [3.63, 3.8) is 0 Å². The third-order valence-corrected chi connectivity index (χ3v) is 8.58. The summed E-state index contributed by atoms with van der Waals surface area (Å²) in [6.07, 6.45) is 6.35. The van der Waals surface area contributed by atoms with Crippen LogP contribution in [0, 0.1) is 0 Å². The van der Waals surface area contributed by atoms with Crippen molar-refractivity contribution < 1.29 is 28.5 Å². The summed E-state index contributed by atoms with van der Waals surface area (Å²) in [6.45, 7) is 15.1. The summed E-state index contributed by atoms with van der Waals surface area (Å²) in [6, 6.07) is 11.2. The Morgan fingerprint density at radius 3 is 2.38 bits per heavy atom. The van der Waals surface area contributed by atoms with Crippen LogP contribution in [0.3, 0.4) is 0 Å². The number of ether oxygens (including phenoxy) is 1. The van der Waals surface area contributed by atoms with Crippen LogP contribution in [-0.4, -0.2) is 39.6 Å². The molecule has 0 unspecified atom stereocenters. The van der Waals surface area contributed by atoms with Gasteiger partial charge in [-0.25, -0.2) is 0 Å². The van der Waals surface area contributed by atoms with E-state index in [9.17, 15) is 19.1 Å². The largest absolute Gasteiger partial charge is 0.463 e. The zero-order valence-corrected chi connectivity index (χ0v) is 23.3. The monoisotopic (exact) mass is 523 g/mol. The lowest BCUT2D eigenvalue weighted by atomic mass is 9.81. The van der Waals surface area contributed by atoms with Crippen molar-refractivity contribution in [2.24, 2.45) is 0 Å². The second kappa shape index (κ2) is 9.71. The van der Waals surface area contributed by atoms with E-state index in [0.717, 1.165) is 41.3 Å². The Balaban J connectivity index is 1.72. The zero-order valence-electron chi connectivity index (χ0n) is 22.4. The molecule has 2 aliphatic heterocycles. The Kier molecular flexibility index (Phi) is 7.10. The van der Waals surface area contributed by atoms with Crippen molar-refractivity contribution in [1.82, 2.24) is 0 Å². The Labute approximate surface area is 218 Å². The number of likely N-dealkylation sites (N-methyl/N-ethyl adjacent to an activating group) is 1. The van der Waals surface area contributed by atoms with Crippen molar-refractivity contribution >= 4 is 36.5 Å². The van der Waals surface area contributed by atoms with Crippen LogP contribution in [0.2, 0.25) is 0 Å². The third-order valence-electron chi connectivity index (χ3n) is 7.63. The first-order chi connectivity index (χ1) is 17.4. The molecule has 0 amide bonds. The van der Waals surface area contributed by atoms with Gasteiger partial charge in [-0.1, -0.05) is 26.0 Å². The molecule has 0 atom stereocenters. The van der Waals surface area contributed by atoms with Crippen LogP contribution in [-0.2, 0) is 31.5 Å². The average molecular weight is 524 g/mol. The number of hydrogen-bond donors (Lipinski definition) is 2. The first-order valence-corrected chi connectivity index (χ1v) is 14.2. The van der Waals surface area contributed by atoms with Crippen LogP contribution in [0.1, 0.15) is 58.2 Å². The van der Waals surface area contributed by atoms with E-state index in [0.29, 0.717) is 6.47 Å². The lowest BCUT2D eigenvalue weighted by Crippen LogP contribution is -2.28. The molecule has 0 saturated heterocycles. The Bertz CT molecular complexity index is 1380. The summed E-state index contributed by atoms with van der Waals surface area (Å²) in [5.41, 5.74) is 6.80. The number of allylic oxidation sites excluding steroid dienone is 4. The molecular formula is C29H36N2O5P+. The molecule has 37 heavy (non-hydrogen) atoms. The van der Waals surface area contributed by atoms with Crippen molar-refractivity contribution in [1.29, 1.82) is 0 Å². The molecule has 2 aliphatic rings. The molecule has 0 saturated carbocycles. The second-order valence-corrected chi connectivity index (χ2v) is 12.1. The van der Waals surface area contributed by atoms with Gasteiger partial charge in [0.1, 0.15) is 13.2 Å². The molecule has 4 rings (SSSR count). The average Bonchev–Trinajstić information content (AvgIpc) is 3.20. The predicted octanol–water partition coefficient (Wildman–Crippen LogP) is 4.82. The van der Waals surface area contributed by atoms with E-state index >= 15 is 0 Å². The topological polar surface area (TPSA) is 90.1 Å². The molecule has 196 valence electrons. The molecule has 2 heterocycles. The third kappa shape index (κ3) is 4.61. The number of nitrogens with zero attached hydrogens (tertiary/aromatic N) is 2. The number of anilines is 1. The molecule has 2 aromatic rings. The lowest BCUT2D eigenvalue weighted by Gasteiger charge is -2.25. The Morgan fingerprint density at radius 1 is 1.03 bits per heavy atom.